The van der Waals surface area contributed by atoms with E-state index in [1.54, 1.807) is 0 Å². The van der Waals surface area contributed by atoms with Crippen molar-refractivity contribution in [2.75, 3.05) is 18.8 Å². The molecule has 1 aromatic carbocycles. The van der Waals surface area contributed by atoms with Gasteiger partial charge in [-0.15, -0.1) is 0 Å². The van der Waals surface area contributed by atoms with Crippen LogP contribution in [0.25, 0.3) is 10.2 Å². The topological polar surface area (TPSA) is 59.2 Å². The molecular weight excluding hydrogens is 282 g/mol. The van der Waals surface area contributed by atoms with Gasteiger partial charge in [-0.1, -0.05) is 25.2 Å². The highest BCUT2D eigenvalue weighted by Gasteiger charge is 2.26. The number of fused-ring (bicyclic) bond motifs is 1. The van der Waals surface area contributed by atoms with E-state index in [9.17, 15) is 4.79 Å². The highest BCUT2D eigenvalue weighted by atomic mass is 32.1. The van der Waals surface area contributed by atoms with Crippen LogP contribution in [0.2, 0.25) is 0 Å². The first-order valence-electron chi connectivity index (χ1n) is 7.40. The van der Waals surface area contributed by atoms with Crippen molar-refractivity contribution < 1.29 is 4.79 Å². The van der Waals surface area contributed by atoms with Gasteiger partial charge in [-0.05, 0) is 42.9 Å². The summed E-state index contributed by atoms with van der Waals surface area (Å²) >= 11 is 1.43. The molecule has 0 aliphatic carbocycles. The molecule has 2 heterocycles. The number of amides is 1. The van der Waals surface area contributed by atoms with Crippen LogP contribution in [-0.2, 0) is 0 Å². The molecule has 0 bridgehead atoms. The summed E-state index contributed by atoms with van der Waals surface area (Å²) in [6, 6.07) is 5.67. The first kappa shape index (κ1) is 14.3. The molecule has 1 aliphatic rings. The normalized spacial score (nSPS) is 18.7. The lowest BCUT2D eigenvalue weighted by atomic mass is 9.85. The molecule has 2 aromatic rings. The second-order valence-electron chi connectivity index (χ2n) is 6.54. The monoisotopic (exact) mass is 303 g/mol. The Kier molecular flexibility index (Phi) is 3.61. The lowest BCUT2D eigenvalue weighted by molar-refractivity contribution is 0.0757. The Morgan fingerprint density at radius 2 is 2.14 bits per heavy atom. The number of nitrogens with zero attached hydrogens (tertiary/aromatic N) is 2. The van der Waals surface area contributed by atoms with E-state index >= 15 is 0 Å². The van der Waals surface area contributed by atoms with E-state index in [1.165, 1.54) is 17.8 Å². The minimum atomic E-state index is 0.126. The highest BCUT2D eigenvalue weighted by Crippen LogP contribution is 2.31. The van der Waals surface area contributed by atoms with E-state index in [0.717, 1.165) is 41.7 Å². The van der Waals surface area contributed by atoms with Gasteiger partial charge < -0.3 is 10.6 Å². The van der Waals surface area contributed by atoms with Gasteiger partial charge in [-0.3, -0.25) is 4.79 Å². The molecule has 1 saturated heterocycles. The van der Waals surface area contributed by atoms with Crippen molar-refractivity contribution in [2.45, 2.75) is 33.1 Å². The molecule has 21 heavy (non-hydrogen) atoms. The average Bonchev–Trinajstić information content (AvgIpc) is 2.70. The molecule has 0 atom stereocenters. The summed E-state index contributed by atoms with van der Waals surface area (Å²) in [5, 5.41) is 0.547. The number of rotatable bonds is 1. The predicted molar refractivity (Wildman–Crippen MR) is 87.6 cm³/mol. The summed E-state index contributed by atoms with van der Waals surface area (Å²) in [7, 11) is 0. The van der Waals surface area contributed by atoms with Gasteiger partial charge in [-0.2, -0.15) is 0 Å². The Morgan fingerprint density at radius 1 is 1.33 bits per heavy atom. The van der Waals surface area contributed by atoms with E-state index in [0.29, 0.717) is 10.5 Å². The number of nitrogen functional groups attached to an aromatic ring is 1. The molecule has 1 fully saturated rings. The molecule has 5 heteroatoms. The smallest absolute Gasteiger partial charge is 0.253 e. The standard InChI is InChI=1S/C16H21N3OS/c1-16(2)6-3-8-19(9-7-16)14(20)11-4-5-12-13(10-11)21-15(17)18-12/h4-5,10H,3,6-9H2,1-2H3,(H2,17,18). The van der Waals surface area contributed by atoms with Gasteiger partial charge in [0.1, 0.15) is 0 Å². The van der Waals surface area contributed by atoms with E-state index in [2.05, 4.69) is 18.8 Å². The number of nitrogens with two attached hydrogens (primary N) is 1. The molecule has 0 saturated carbocycles. The van der Waals surface area contributed by atoms with Crippen LogP contribution in [-0.4, -0.2) is 28.9 Å². The molecular formula is C16H21N3OS. The van der Waals surface area contributed by atoms with Gasteiger partial charge in [0.05, 0.1) is 10.2 Å². The number of carbonyl (C=O) groups is 1. The molecule has 4 nitrogen and oxygen atoms in total. The lowest BCUT2D eigenvalue weighted by Gasteiger charge is -2.23. The second-order valence-corrected chi connectivity index (χ2v) is 7.61. The van der Waals surface area contributed by atoms with Crippen molar-refractivity contribution in [1.82, 2.24) is 9.88 Å². The van der Waals surface area contributed by atoms with Gasteiger partial charge in [0.25, 0.3) is 5.91 Å². The zero-order valence-corrected chi connectivity index (χ0v) is 13.4. The number of likely N-dealkylation sites (tertiary alicyclic amines) is 1. The fourth-order valence-electron chi connectivity index (χ4n) is 2.88. The highest BCUT2D eigenvalue weighted by molar-refractivity contribution is 7.22. The fourth-order valence-corrected chi connectivity index (χ4v) is 3.66. The largest absolute Gasteiger partial charge is 0.375 e. The van der Waals surface area contributed by atoms with Crippen molar-refractivity contribution in [2.24, 2.45) is 5.41 Å². The Labute approximate surface area is 129 Å². The zero-order valence-electron chi connectivity index (χ0n) is 12.6. The zero-order chi connectivity index (χ0) is 15.0. The first-order valence-corrected chi connectivity index (χ1v) is 8.22. The summed E-state index contributed by atoms with van der Waals surface area (Å²) in [5.74, 6) is 0.126. The van der Waals surface area contributed by atoms with Crippen LogP contribution in [0.15, 0.2) is 18.2 Å². The molecule has 3 rings (SSSR count). The third-order valence-corrected chi connectivity index (χ3v) is 5.13. The number of hydrogen-bond acceptors (Lipinski definition) is 4. The van der Waals surface area contributed by atoms with E-state index < -0.39 is 0 Å². The Morgan fingerprint density at radius 3 is 2.95 bits per heavy atom. The third-order valence-electron chi connectivity index (χ3n) is 4.28. The van der Waals surface area contributed by atoms with Crippen molar-refractivity contribution in [3.63, 3.8) is 0 Å². The van der Waals surface area contributed by atoms with Gasteiger partial charge in [-0.25, -0.2) is 4.98 Å². The van der Waals surface area contributed by atoms with Crippen molar-refractivity contribution >= 4 is 32.6 Å². The van der Waals surface area contributed by atoms with Crippen LogP contribution in [0, 0.1) is 5.41 Å². The molecule has 0 radical (unpaired) electrons. The van der Waals surface area contributed by atoms with Crippen LogP contribution in [0.1, 0.15) is 43.5 Å². The minimum Gasteiger partial charge on any atom is -0.375 e. The number of carbonyl (C=O) groups excluding carboxylic acids is 1. The quantitative estimate of drug-likeness (QED) is 0.876. The van der Waals surface area contributed by atoms with Crippen LogP contribution >= 0.6 is 11.3 Å². The second kappa shape index (κ2) is 5.30. The van der Waals surface area contributed by atoms with Gasteiger partial charge in [0.15, 0.2) is 5.13 Å². The summed E-state index contributed by atoms with van der Waals surface area (Å²) in [6.45, 7) is 6.26. The summed E-state index contributed by atoms with van der Waals surface area (Å²) < 4.78 is 0.980. The third kappa shape index (κ3) is 3.02. The Balaban J connectivity index is 1.82. The number of hydrogen-bond donors (Lipinski definition) is 1. The van der Waals surface area contributed by atoms with Crippen molar-refractivity contribution in [1.29, 1.82) is 0 Å². The van der Waals surface area contributed by atoms with Crippen molar-refractivity contribution in [3.05, 3.63) is 23.8 Å². The summed E-state index contributed by atoms with van der Waals surface area (Å²) in [4.78, 5) is 18.9. The lowest BCUT2D eigenvalue weighted by Crippen LogP contribution is -2.32. The molecule has 112 valence electrons. The number of thiazole rings is 1. The molecule has 2 N–H and O–H groups in total. The summed E-state index contributed by atoms with van der Waals surface area (Å²) in [5.41, 5.74) is 7.67. The maximum Gasteiger partial charge on any atom is 0.253 e. The van der Waals surface area contributed by atoms with Gasteiger partial charge in [0, 0.05) is 18.7 Å². The van der Waals surface area contributed by atoms with Gasteiger partial charge >= 0.3 is 0 Å². The molecule has 1 amide bonds. The van der Waals surface area contributed by atoms with Crippen LogP contribution in [0.4, 0.5) is 5.13 Å². The van der Waals surface area contributed by atoms with E-state index in [1.807, 2.05) is 23.1 Å². The fraction of sp³-hybridized carbons (Fsp3) is 0.500. The molecule has 1 aromatic heterocycles. The molecule has 0 spiro atoms. The molecule has 0 unspecified atom stereocenters. The summed E-state index contributed by atoms with van der Waals surface area (Å²) in [6.07, 6.45) is 3.32. The Bertz CT molecular complexity index is 677. The van der Waals surface area contributed by atoms with Crippen LogP contribution < -0.4 is 5.73 Å². The van der Waals surface area contributed by atoms with Crippen molar-refractivity contribution in [3.8, 4) is 0 Å². The Hall–Kier alpha value is -1.62. The maximum atomic E-state index is 12.7. The number of anilines is 1. The van der Waals surface area contributed by atoms with Crippen LogP contribution in [0.3, 0.4) is 0 Å². The van der Waals surface area contributed by atoms with Gasteiger partial charge in [0.2, 0.25) is 0 Å². The average molecular weight is 303 g/mol. The maximum absolute atomic E-state index is 12.7. The van der Waals surface area contributed by atoms with E-state index in [-0.39, 0.29) is 5.91 Å². The SMILES string of the molecule is CC1(C)CCCN(C(=O)c2ccc3nc(N)sc3c2)CC1. The number of benzene rings is 1. The van der Waals surface area contributed by atoms with E-state index in [4.69, 9.17) is 5.73 Å². The minimum absolute atomic E-state index is 0.126. The number of aromatic nitrogens is 1. The molecule has 1 aliphatic heterocycles. The first-order chi connectivity index (χ1) is 9.94. The predicted octanol–water partition coefficient (Wildman–Crippen LogP) is 3.53. The van der Waals surface area contributed by atoms with Crippen LogP contribution in [0.5, 0.6) is 0 Å².